The second kappa shape index (κ2) is 3.58. The predicted molar refractivity (Wildman–Crippen MR) is 51.6 cm³/mol. The maximum Gasteiger partial charge on any atom is 0.0681 e. The summed E-state index contributed by atoms with van der Waals surface area (Å²) in [7, 11) is 0. The Bertz CT molecular complexity index is 175. The molecule has 0 bridgehead atoms. The van der Waals surface area contributed by atoms with Gasteiger partial charge in [-0.2, -0.15) is 0 Å². The molecule has 1 aliphatic heterocycles. The van der Waals surface area contributed by atoms with Crippen molar-refractivity contribution in [3.63, 3.8) is 0 Å². The highest BCUT2D eigenvalue weighted by molar-refractivity contribution is 5.02. The summed E-state index contributed by atoms with van der Waals surface area (Å²) in [6, 6.07) is 0. The minimum atomic E-state index is -0.305. The van der Waals surface area contributed by atoms with Crippen LogP contribution < -0.4 is 0 Å². The highest BCUT2D eigenvalue weighted by Gasteiger charge is 2.50. The van der Waals surface area contributed by atoms with E-state index >= 15 is 0 Å². The van der Waals surface area contributed by atoms with Crippen LogP contribution in [0.15, 0.2) is 0 Å². The number of aliphatic hydroxyl groups is 1. The van der Waals surface area contributed by atoms with Crippen molar-refractivity contribution in [2.24, 2.45) is 5.92 Å². The van der Waals surface area contributed by atoms with E-state index < -0.39 is 0 Å². The van der Waals surface area contributed by atoms with Crippen molar-refractivity contribution in [3.05, 3.63) is 0 Å². The summed E-state index contributed by atoms with van der Waals surface area (Å²) < 4.78 is 5.53. The molecule has 13 heavy (non-hydrogen) atoms. The monoisotopic (exact) mass is 184 g/mol. The van der Waals surface area contributed by atoms with Crippen LogP contribution in [0.3, 0.4) is 0 Å². The molecule has 1 heterocycles. The Hall–Kier alpha value is -0.0800. The van der Waals surface area contributed by atoms with E-state index in [1.54, 1.807) is 0 Å². The first-order valence-electron chi connectivity index (χ1n) is 5.58. The van der Waals surface area contributed by atoms with Gasteiger partial charge in [-0.15, -0.1) is 0 Å². The second-order valence-corrected chi connectivity index (χ2v) is 4.59. The third-order valence-electron chi connectivity index (χ3n) is 3.62. The molecule has 2 nitrogen and oxygen atoms in total. The summed E-state index contributed by atoms with van der Waals surface area (Å²) in [5.41, 5.74) is -0.305. The lowest BCUT2D eigenvalue weighted by Crippen LogP contribution is -2.15. The molecule has 0 spiro atoms. The first kappa shape index (κ1) is 9.47. The van der Waals surface area contributed by atoms with Crippen LogP contribution in [-0.4, -0.2) is 23.4 Å². The van der Waals surface area contributed by atoms with Gasteiger partial charge in [-0.05, 0) is 38.0 Å². The van der Waals surface area contributed by atoms with Gasteiger partial charge in [-0.3, -0.25) is 0 Å². The standard InChI is InChI=1S/C11H20O2/c1-2-9-8-11(9,12)6-5-10-4-3-7-13-10/h9-10,12H,2-8H2,1H3. The number of hydrogen-bond donors (Lipinski definition) is 1. The minimum absolute atomic E-state index is 0.305. The Balaban J connectivity index is 1.68. The van der Waals surface area contributed by atoms with Gasteiger partial charge < -0.3 is 9.84 Å². The molecule has 3 atom stereocenters. The molecule has 0 aromatic heterocycles. The maximum atomic E-state index is 9.99. The molecule has 2 rings (SSSR count). The van der Waals surface area contributed by atoms with Crippen molar-refractivity contribution >= 4 is 0 Å². The van der Waals surface area contributed by atoms with E-state index in [9.17, 15) is 5.11 Å². The zero-order valence-electron chi connectivity index (χ0n) is 8.46. The number of hydrogen-bond acceptors (Lipinski definition) is 2. The van der Waals surface area contributed by atoms with Crippen LogP contribution in [-0.2, 0) is 4.74 Å². The van der Waals surface area contributed by atoms with Crippen LogP contribution in [0.5, 0.6) is 0 Å². The van der Waals surface area contributed by atoms with Crippen molar-refractivity contribution < 1.29 is 9.84 Å². The predicted octanol–water partition coefficient (Wildman–Crippen LogP) is 2.11. The average molecular weight is 184 g/mol. The molecule has 3 unspecified atom stereocenters. The van der Waals surface area contributed by atoms with E-state index in [0.717, 1.165) is 32.3 Å². The molecule has 76 valence electrons. The highest BCUT2D eigenvalue weighted by atomic mass is 16.5. The highest BCUT2D eigenvalue weighted by Crippen LogP contribution is 2.49. The Morgan fingerprint density at radius 1 is 1.54 bits per heavy atom. The van der Waals surface area contributed by atoms with Crippen LogP contribution in [0, 0.1) is 5.92 Å². The van der Waals surface area contributed by atoms with Crippen LogP contribution in [0.1, 0.15) is 45.4 Å². The van der Waals surface area contributed by atoms with Crippen molar-refractivity contribution in [3.8, 4) is 0 Å². The van der Waals surface area contributed by atoms with Gasteiger partial charge in [0.25, 0.3) is 0 Å². The fourth-order valence-corrected chi connectivity index (χ4v) is 2.48. The van der Waals surface area contributed by atoms with Crippen LogP contribution in [0.2, 0.25) is 0 Å². The summed E-state index contributed by atoms with van der Waals surface area (Å²) in [6.07, 6.45) is 7.02. The Morgan fingerprint density at radius 2 is 2.38 bits per heavy atom. The van der Waals surface area contributed by atoms with Gasteiger partial charge in [0.15, 0.2) is 0 Å². The normalized spacial score (nSPS) is 43.8. The number of ether oxygens (including phenoxy) is 1. The molecule has 2 heteroatoms. The van der Waals surface area contributed by atoms with Gasteiger partial charge in [0.1, 0.15) is 0 Å². The summed E-state index contributed by atoms with van der Waals surface area (Å²) in [5.74, 6) is 0.578. The van der Waals surface area contributed by atoms with E-state index in [4.69, 9.17) is 4.74 Å². The molecule has 1 N–H and O–H groups in total. The van der Waals surface area contributed by atoms with Gasteiger partial charge in [0, 0.05) is 6.61 Å². The minimum Gasteiger partial charge on any atom is -0.390 e. The molecule has 1 saturated carbocycles. The smallest absolute Gasteiger partial charge is 0.0681 e. The van der Waals surface area contributed by atoms with Crippen LogP contribution in [0.25, 0.3) is 0 Å². The molecule has 0 amide bonds. The lowest BCUT2D eigenvalue weighted by molar-refractivity contribution is 0.0661. The van der Waals surface area contributed by atoms with Crippen molar-refractivity contribution in [1.82, 2.24) is 0 Å². The van der Waals surface area contributed by atoms with Crippen molar-refractivity contribution in [1.29, 1.82) is 0 Å². The van der Waals surface area contributed by atoms with Gasteiger partial charge in [-0.25, -0.2) is 0 Å². The summed E-state index contributed by atoms with van der Waals surface area (Å²) >= 11 is 0. The molecule has 1 saturated heterocycles. The fourth-order valence-electron chi connectivity index (χ4n) is 2.48. The molecule has 0 aromatic carbocycles. The molecular formula is C11H20O2. The summed E-state index contributed by atoms with van der Waals surface area (Å²) in [5, 5.41) is 9.99. The quantitative estimate of drug-likeness (QED) is 0.725. The molecule has 2 fully saturated rings. The first-order valence-corrected chi connectivity index (χ1v) is 5.58. The van der Waals surface area contributed by atoms with Gasteiger partial charge in [0.05, 0.1) is 11.7 Å². The van der Waals surface area contributed by atoms with E-state index in [2.05, 4.69) is 6.92 Å². The Labute approximate surface area is 80.3 Å². The fraction of sp³-hybridized carbons (Fsp3) is 1.00. The topological polar surface area (TPSA) is 29.5 Å². The molecular weight excluding hydrogens is 164 g/mol. The molecule has 0 radical (unpaired) electrons. The summed E-state index contributed by atoms with van der Waals surface area (Å²) in [6.45, 7) is 3.09. The lowest BCUT2D eigenvalue weighted by Gasteiger charge is -2.13. The number of rotatable bonds is 4. The van der Waals surface area contributed by atoms with Crippen molar-refractivity contribution in [2.75, 3.05) is 6.61 Å². The zero-order chi connectivity index (χ0) is 9.31. The third kappa shape index (κ3) is 2.05. The van der Waals surface area contributed by atoms with Gasteiger partial charge >= 0.3 is 0 Å². The lowest BCUT2D eigenvalue weighted by atomic mass is 10.0. The average Bonchev–Trinajstić information content (AvgIpc) is 2.60. The first-order chi connectivity index (χ1) is 6.24. The Kier molecular flexibility index (Phi) is 2.61. The third-order valence-corrected chi connectivity index (χ3v) is 3.62. The van der Waals surface area contributed by atoms with E-state index in [0.29, 0.717) is 12.0 Å². The van der Waals surface area contributed by atoms with Crippen LogP contribution in [0.4, 0.5) is 0 Å². The Morgan fingerprint density at radius 3 is 2.92 bits per heavy atom. The zero-order valence-corrected chi connectivity index (χ0v) is 8.46. The largest absolute Gasteiger partial charge is 0.390 e. The molecule has 0 aromatic rings. The molecule has 2 aliphatic rings. The van der Waals surface area contributed by atoms with Crippen molar-refractivity contribution in [2.45, 2.75) is 57.2 Å². The van der Waals surface area contributed by atoms with E-state index in [1.165, 1.54) is 12.8 Å². The SMILES string of the molecule is CCC1CC1(O)CCC1CCCO1. The van der Waals surface area contributed by atoms with Gasteiger partial charge in [0.2, 0.25) is 0 Å². The summed E-state index contributed by atoms with van der Waals surface area (Å²) in [4.78, 5) is 0. The van der Waals surface area contributed by atoms with E-state index in [-0.39, 0.29) is 5.60 Å². The van der Waals surface area contributed by atoms with Gasteiger partial charge in [-0.1, -0.05) is 13.3 Å². The second-order valence-electron chi connectivity index (χ2n) is 4.59. The maximum absolute atomic E-state index is 9.99. The van der Waals surface area contributed by atoms with Crippen LogP contribution >= 0.6 is 0 Å². The molecule has 1 aliphatic carbocycles. The van der Waals surface area contributed by atoms with E-state index in [1.807, 2.05) is 0 Å².